The Morgan fingerprint density at radius 2 is 1.57 bits per heavy atom. The molecule has 0 saturated carbocycles. The highest BCUT2D eigenvalue weighted by molar-refractivity contribution is 6.23. The highest BCUT2D eigenvalue weighted by atomic mass is 19.4. The zero-order valence-corrected chi connectivity index (χ0v) is 13.4. The first kappa shape index (κ1) is 21.1. The minimum Gasteiger partial charge on any atom is -0.466 e. The second-order valence-corrected chi connectivity index (χ2v) is 4.74. The van der Waals surface area contributed by atoms with Crippen LogP contribution in [0.15, 0.2) is 4.99 Å². The molecule has 0 aromatic rings. The number of halogens is 3. The number of aliphatic imine (C=N–C) groups is 1. The molecule has 0 rings (SSSR count). The van der Waals surface area contributed by atoms with Crippen molar-refractivity contribution in [1.82, 2.24) is 0 Å². The Balaban J connectivity index is 5.76. The van der Waals surface area contributed by atoms with E-state index in [0.29, 0.717) is 0 Å². The summed E-state index contributed by atoms with van der Waals surface area (Å²) in [5.41, 5.74) is -0.515. The molecule has 132 valence electrons. The maximum atomic E-state index is 12.8. The van der Waals surface area contributed by atoms with Gasteiger partial charge in [-0.05, 0) is 27.7 Å². The van der Waals surface area contributed by atoms with E-state index >= 15 is 0 Å². The summed E-state index contributed by atoms with van der Waals surface area (Å²) in [5, 5.41) is 0. The van der Waals surface area contributed by atoms with Crippen molar-refractivity contribution in [3.63, 3.8) is 0 Å². The first-order valence-corrected chi connectivity index (χ1v) is 7.04. The summed E-state index contributed by atoms with van der Waals surface area (Å²) in [4.78, 5) is 38.8. The lowest BCUT2D eigenvalue weighted by atomic mass is 9.94. The first-order chi connectivity index (χ1) is 10.5. The van der Waals surface area contributed by atoms with Crippen LogP contribution in [-0.4, -0.2) is 48.9 Å². The molecule has 0 fully saturated rings. The Kier molecular flexibility index (Phi) is 8.49. The van der Waals surface area contributed by atoms with E-state index in [9.17, 15) is 27.6 Å². The Morgan fingerprint density at radius 1 is 1.04 bits per heavy atom. The number of hydrogen-bond acceptors (Lipinski definition) is 6. The summed E-state index contributed by atoms with van der Waals surface area (Å²) in [6.45, 7) is 5.76. The van der Waals surface area contributed by atoms with Gasteiger partial charge in [0, 0.05) is 11.8 Å². The van der Waals surface area contributed by atoms with Crippen molar-refractivity contribution < 1.29 is 37.0 Å². The lowest BCUT2D eigenvalue weighted by Crippen LogP contribution is -2.42. The third kappa shape index (κ3) is 7.25. The van der Waals surface area contributed by atoms with E-state index in [0.717, 1.165) is 0 Å². The predicted molar refractivity (Wildman–Crippen MR) is 75.0 cm³/mol. The largest absolute Gasteiger partial charge is 0.466 e. The molecule has 0 aliphatic carbocycles. The van der Waals surface area contributed by atoms with E-state index < -0.39 is 48.0 Å². The topological polar surface area (TPSA) is 82.0 Å². The fourth-order valence-electron chi connectivity index (χ4n) is 1.70. The second-order valence-electron chi connectivity index (χ2n) is 4.74. The number of carbonyl (C=O) groups is 3. The van der Waals surface area contributed by atoms with Crippen LogP contribution in [0.4, 0.5) is 13.2 Å². The van der Waals surface area contributed by atoms with Gasteiger partial charge in [0.2, 0.25) is 0 Å². The number of ether oxygens (including phenoxy) is 2. The number of hydrogen-bond donors (Lipinski definition) is 0. The van der Waals surface area contributed by atoms with Gasteiger partial charge in [-0.3, -0.25) is 19.4 Å². The van der Waals surface area contributed by atoms with Gasteiger partial charge in [0.15, 0.2) is 5.92 Å². The molecule has 0 spiro atoms. The lowest BCUT2D eigenvalue weighted by Gasteiger charge is -2.19. The van der Waals surface area contributed by atoms with Crippen LogP contribution in [-0.2, 0) is 23.9 Å². The van der Waals surface area contributed by atoms with E-state index in [1.165, 1.54) is 27.7 Å². The van der Waals surface area contributed by atoms with Gasteiger partial charge in [0.1, 0.15) is 0 Å². The first-order valence-electron chi connectivity index (χ1n) is 7.04. The van der Waals surface area contributed by atoms with E-state index in [4.69, 9.17) is 0 Å². The maximum absolute atomic E-state index is 12.8. The molecular weight excluding hydrogens is 319 g/mol. The van der Waals surface area contributed by atoms with Gasteiger partial charge < -0.3 is 9.47 Å². The van der Waals surface area contributed by atoms with Gasteiger partial charge in [0.05, 0.1) is 19.6 Å². The van der Waals surface area contributed by atoms with Crippen LogP contribution in [0.3, 0.4) is 0 Å². The quantitative estimate of drug-likeness (QED) is 0.384. The van der Waals surface area contributed by atoms with Crippen molar-refractivity contribution in [3.05, 3.63) is 0 Å². The average Bonchev–Trinajstić information content (AvgIpc) is 2.37. The summed E-state index contributed by atoms with van der Waals surface area (Å²) >= 11 is 0. The minimum atomic E-state index is -5.26. The van der Waals surface area contributed by atoms with E-state index in [2.05, 4.69) is 14.5 Å². The van der Waals surface area contributed by atoms with Crippen molar-refractivity contribution in [2.75, 3.05) is 13.2 Å². The number of Topliss-reactive ketones (excluding diaryl/α,β-unsaturated/α-hetero) is 1. The SMILES string of the molecule is CCOC(=O)CC(=NC(C)C)C(C(=O)OCC)C(=O)C(F)(F)F. The minimum absolute atomic E-state index is 0.00504. The molecule has 0 radical (unpaired) electrons. The molecule has 6 nitrogen and oxygen atoms in total. The smallest absolute Gasteiger partial charge is 0.451 e. The van der Waals surface area contributed by atoms with Gasteiger partial charge >= 0.3 is 18.1 Å². The summed E-state index contributed by atoms with van der Waals surface area (Å²) < 4.78 is 47.4. The third-order valence-corrected chi connectivity index (χ3v) is 2.45. The highest BCUT2D eigenvalue weighted by Gasteiger charge is 2.49. The molecule has 0 aliphatic heterocycles. The number of esters is 2. The third-order valence-electron chi connectivity index (χ3n) is 2.45. The number of carbonyl (C=O) groups excluding carboxylic acids is 3. The molecule has 0 aromatic carbocycles. The molecule has 0 aliphatic rings. The van der Waals surface area contributed by atoms with Crippen LogP contribution >= 0.6 is 0 Å². The fraction of sp³-hybridized carbons (Fsp3) is 0.714. The number of nitrogens with zero attached hydrogens (tertiary/aromatic N) is 1. The van der Waals surface area contributed by atoms with Crippen LogP contribution in [0.5, 0.6) is 0 Å². The average molecular weight is 339 g/mol. The zero-order valence-electron chi connectivity index (χ0n) is 13.4. The molecule has 0 heterocycles. The molecule has 23 heavy (non-hydrogen) atoms. The van der Waals surface area contributed by atoms with E-state index in [1.54, 1.807) is 0 Å². The summed E-state index contributed by atoms with van der Waals surface area (Å²) in [6, 6.07) is -0.530. The van der Waals surface area contributed by atoms with Crippen molar-refractivity contribution in [2.45, 2.75) is 46.3 Å². The number of rotatable bonds is 8. The van der Waals surface area contributed by atoms with Crippen molar-refractivity contribution in [1.29, 1.82) is 0 Å². The Morgan fingerprint density at radius 3 is 1.96 bits per heavy atom. The monoisotopic (exact) mass is 339 g/mol. The number of alkyl halides is 3. The van der Waals surface area contributed by atoms with E-state index in [1.807, 2.05) is 0 Å². The molecule has 0 bridgehead atoms. The second kappa shape index (κ2) is 9.26. The number of ketones is 1. The zero-order chi connectivity index (χ0) is 18.2. The van der Waals surface area contributed by atoms with Gasteiger partial charge in [0.25, 0.3) is 5.78 Å². The summed E-state index contributed by atoms with van der Waals surface area (Å²) in [6.07, 6.45) is -5.96. The molecule has 0 saturated heterocycles. The van der Waals surface area contributed by atoms with Gasteiger partial charge in [-0.25, -0.2) is 0 Å². The molecule has 0 aromatic heterocycles. The molecule has 1 unspecified atom stereocenters. The van der Waals surface area contributed by atoms with Crippen LogP contribution in [0.2, 0.25) is 0 Å². The molecule has 9 heteroatoms. The van der Waals surface area contributed by atoms with Crippen LogP contribution in [0, 0.1) is 5.92 Å². The Hall–Kier alpha value is -1.93. The van der Waals surface area contributed by atoms with Gasteiger partial charge in [-0.15, -0.1) is 0 Å². The van der Waals surface area contributed by atoms with Gasteiger partial charge in [-0.1, -0.05) is 0 Å². The van der Waals surface area contributed by atoms with Crippen molar-refractivity contribution in [2.24, 2.45) is 10.9 Å². The highest BCUT2D eigenvalue weighted by Crippen LogP contribution is 2.24. The van der Waals surface area contributed by atoms with Crippen LogP contribution < -0.4 is 0 Å². The Labute approximate surface area is 132 Å². The fourth-order valence-corrected chi connectivity index (χ4v) is 1.70. The van der Waals surface area contributed by atoms with Gasteiger partial charge in [-0.2, -0.15) is 13.2 Å². The predicted octanol–water partition coefficient (Wildman–Crippen LogP) is 2.10. The molecular formula is C14H20F3NO5. The van der Waals surface area contributed by atoms with Crippen LogP contribution in [0.1, 0.15) is 34.1 Å². The molecule has 0 amide bonds. The lowest BCUT2D eigenvalue weighted by molar-refractivity contribution is -0.177. The maximum Gasteiger partial charge on any atom is 0.451 e. The molecule has 0 N–H and O–H groups in total. The summed E-state index contributed by atoms with van der Waals surface area (Å²) in [7, 11) is 0. The van der Waals surface area contributed by atoms with Crippen molar-refractivity contribution >= 4 is 23.4 Å². The van der Waals surface area contributed by atoms with Crippen LogP contribution in [0.25, 0.3) is 0 Å². The molecule has 1 atom stereocenters. The summed E-state index contributed by atoms with van der Waals surface area (Å²) in [5.74, 6) is -6.89. The van der Waals surface area contributed by atoms with Crippen molar-refractivity contribution in [3.8, 4) is 0 Å². The Bertz CT molecular complexity index is 472. The normalized spacial score (nSPS) is 13.7. The standard InChI is InChI=1S/C14H20F3NO5/c1-5-22-10(19)7-9(18-8(3)4)11(13(21)23-6-2)12(20)14(15,16)17/h8,11H,5-7H2,1-4H3. The van der Waals surface area contributed by atoms with E-state index in [-0.39, 0.29) is 13.2 Å².